The molecule has 1 atom stereocenters. The highest BCUT2D eigenvalue weighted by atomic mass is 32.2. The predicted octanol–water partition coefficient (Wildman–Crippen LogP) is 2.64. The van der Waals surface area contributed by atoms with E-state index in [1.165, 1.54) is 0 Å². The Morgan fingerprint density at radius 1 is 1.53 bits per heavy atom. The maximum atomic E-state index is 12.4. The van der Waals surface area contributed by atoms with Crippen LogP contribution in [-0.2, 0) is 14.8 Å². The molecule has 0 N–H and O–H groups in total. The summed E-state index contributed by atoms with van der Waals surface area (Å²) in [6.07, 6.45) is 1.92. The highest BCUT2D eigenvalue weighted by molar-refractivity contribution is 7.89. The van der Waals surface area contributed by atoms with Gasteiger partial charge in [0, 0.05) is 6.54 Å². The van der Waals surface area contributed by atoms with E-state index in [9.17, 15) is 8.42 Å². The summed E-state index contributed by atoms with van der Waals surface area (Å²) in [5.41, 5.74) is 1.12. The minimum atomic E-state index is -3.22. The molecule has 0 aliphatic carbocycles. The number of hydrogen-bond donors (Lipinski definition) is 0. The van der Waals surface area contributed by atoms with Crippen LogP contribution in [0.1, 0.15) is 38.3 Å². The van der Waals surface area contributed by atoms with E-state index in [1.807, 2.05) is 30.7 Å². The van der Waals surface area contributed by atoms with E-state index in [2.05, 4.69) is 0 Å². The molecule has 0 spiro atoms. The van der Waals surface area contributed by atoms with Crippen molar-refractivity contribution in [3.63, 3.8) is 0 Å². The Bertz CT molecular complexity index is 482. The average molecular weight is 303 g/mol. The van der Waals surface area contributed by atoms with Crippen LogP contribution in [0.2, 0.25) is 0 Å². The molecule has 108 valence electrons. The summed E-state index contributed by atoms with van der Waals surface area (Å²) < 4.78 is 31.7. The van der Waals surface area contributed by atoms with Crippen LogP contribution in [0.4, 0.5) is 0 Å². The molecule has 0 radical (unpaired) electrons. The van der Waals surface area contributed by atoms with Crippen LogP contribution in [0, 0.1) is 0 Å². The van der Waals surface area contributed by atoms with Crippen LogP contribution in [0.5, 0.6) is 0 Å². The number of thiophene rings is 1. The maximum absolute atomic E-state index is 12.4. The lowest BCUT2D eigenvalue weighted by atomic mass is 10.1. The highest BCUT2D eigenvalue weighted by Gasteiger charge is 2.34. The number of rotatable bonds is 6. The second kappa shape index (κ2) is 6.35. The molecule has 0 unspecified atom stereocenters. The van der Waals surface area contributed by atoms with Crippen molar-refractivity contribution in [3.05, 3.63) is 22.4 Å². The smallest absolute Gasteiger partial charge is 0.216 e. The van der Waals surface area contributed by atoms with E-state index in [-0.39, 0.29) is 24.5 Å². The van der Waals surface area contributed by atoms with E-state index in [1.54, 1.807) is 15.6 Å². The van der Waals surface area contributed by atoms with Crippen molar-refractivity contribution < 1.29 is 13.2 Å². The van der Waals surface area contributed by atoms with Crippen LogP contribution in [0.3, 0.4) is 0 Å². The monoisotopic (exact) mass is 303 g/mol. The summed E-state index contributed by atoms with van der Waals surface area (Å²) >= 11 is 1.61. The van der Waals surface area contributed by atoms with Crippen molar-refractivity contribution in [2.45, 2.75) is 38.8 Å². The van der Waals surface area contributed by atoms with E-state index in [4.69, 9.17) is 4.74 Å². The lowest BCUT2D eigenvalue weighted by Crippen LogP contribution is -2.34. The van der Waals surface area contributed by atoms with Gasteiger partial charge in [0.2, 0.25) is 10.0 Å². The third kappa shape index (κ3) is 3.78. The second-order valence-electron chi connectivity index (χ2n) is 5.06. The molecule has 0 saturated carbocycles. The van der Waals surface area contributed by atoms with Crippen molar-refractivity contribution >= 4 is 21.4 Å². The first-order valence-electron chi connectivity index (χ1n) is 6.64. The van der Waals surface area contributed by atoms with Gasteiger partial charge in [-0.15, -0.1) is 0 Å². The molecule has 0 amide bonds. The zero-order chi connectivity index (χ0) is 13.9. The Morgan fingerprint density at radius 2 is 2.32 bits per heavy atom. The van der Waals surface area contributed by atoms with Gasteiger partial charge in [-0.05, 0) is 49.1 Å². The van der Waals surface area contributed by atoms with Gasteiger partial charge in [-0.3, -0.25) is 0 Å². The summed E-state index contributed by atoms with van der Waals surface area (Å²) in [5, 5.41) is 4.05. The Morgan fingerprint density at radius 3 is 2.95 bits per heavy atom. The SMILES string of the molecule is CC(C)OCCS(=O)(=O)N1CCC[C@@H]1c1ccsc1. The fraction of sp³-hybridized carbons (Fsp3) is 0.692. The fourth-order valence-corrected chi connectivity index (χ4v) is 4.65. The first-order valence-corrected chi connectivity index (χ1v) is 9.19. The van der Waals surface area contributed by atoms with Crippen molar-refractivity contribution in [2.24, 2.45) is 0 Å². The molecule has 4 nitrogen and oxygen atoms in total. The largest absolute Gasteiger partial charge is 0.378 e. The minimum absolute atomic E-state index is 0.0234. The molecule has 1 aliphatic heterocycles. The number of ether oxygens (including phenoxy) is 1. The van der Waals surface area contributed by atoms with Crippen LogP contribution in [0.15, 0.2) is 16.8 Å². The first-order chi connectivity index (χ1) is 9.00. The quantitative estimate of drug-likeness (QED) is 0.811. The Kier molecular flexibility index (Phi) is 5.00. The topological polar surface area (TPSA) is 46.6 Å². The van der Waals surface area contributed by atoms with Crippen molar-refractivity contribution in [2.75, 3.05) is 18.9 Å². The molecule has 0 bridgehead atoms. The van der Waals surface area contributed by atoms with Gasteiger partial charge in [-0.25, -0.2) is 8.42 Å². The lowest BCUT2D eigenvalue weighted by Gasteiger charge is -2.23. The molecule has 2 heterocycles. The van der Waals surface area contributed by atoms with Crippen LogP contribution in [0.25, 0.3) is 0 Å². The van der Waals surface area contributed by atoms with Gasteiger partial charge in [0.15, 0.2) is 0 Å². The van der Waals surface area contributed by atoms with Crippen LogP contribution in [-0.4, -0.2) is 37.7 Å². The average Bonchev–Trinajstić information content (AvgIpc) is 2.99. The summed E-state index contributed by atoms with van der Waals surface area (Å²) in [5.74, 6) is 0.0752. The van der Waals surface area contributed by atoms with Gasteiger partial charge >= 0.3 is 0 Å². The van der Waals surface area contributed by atoms with Gasteiger partial charge in [0.25, 0.3) is 0 Å². The standard InChI is InChI=1S/C13H21NO3S2/c1-11(2)17-7-9-19(15,16)14-6-3-4-13(14)12-5-8-18-10-12/h5,8,10-11,13H,3-4,6-7,9H2,1-2H3/t13-/m1/s1. The van der Waals surface area contributed by atoms with Crippen molar-refractivity contribution in [3.8, 4) is 0 Å². The Labute approximate surface area is 119 Å². The van der Waals surface area contributed by atoms with Crippen molar-refractivity contribution in [1.29, 1.82) is 0 Å². The summed E-state index contributed by atoms with van der Waals surface area (Å²) in [6.45, 7) is 4.73. The molecule has 1 aromatic rings. The minimum Gasteiger partial charge on any atom is -0.378 e. The molecular weight excluding hydrogens is 282 g/mol. The molecule has 1 aromatic heterocycles. The number of hydrogen-bond acceptors (Lipinski definition) is 4. The Hall–Kier alpha value is -0.430. The first kappa shape index (κ1) is 15.0. The van der Waals surface area contributed by atoms with Crippen LogP contribution >= 0.6 is 11.3 Å². The van der Waals surface area contributed by atoms with Crippen molar-refractivity contribution in [1.82, 2.24) is 4.31 Å². The molecule has 1 fully saturated rings. The van der Waals surface area contributed by atoms with Crippen LogP contribution < -0.4 is 0 Å². The van der Waals surface area contributed by atoms with Gasteiger partial charge < -0.3 is 4.74 Å². The zero-order valence-electron chi connectivity index (χ0n) is 11.4. The maximum Gasteiger partial charge on any atom is 0.216 e. The summed E-state index contributed by atoms with van der Waals surface area (Å²) in [4.78, 5) is 0. The molecule has 6 heteroatoms. The third-order valence-corrected chi connectivity index (χ3v) is 5.82. The molecular formula is C13H21NO3S2. The van der Waals surface area contributed by atoms with Gasteiger partial charge in [-0.2, -0.15) is 15.6 Å². The zero-order valence-corrected chi connectivity index (χ0v) is 13.0. The number of nitrogens with zero attached hydrogens (tertiary/aromatic N) is 1. The lowest BCUT2D eigenvalue weighted by molar-refractivity contribution is 0.0906. The normalized spacial score (nSPS) is 21.3. The molecule has 19 heavy (non-hydrogen) atoms. The van der Waals surface area contributed by atoms with E-state index < -0.39 is 10.0 Å². The summed E-state index contributed by atoms with van der Waals surface area (Å²) in [6, 6.07) is 2.05. The Balaban J connectivity index is 2.02. The predicted molar refractivity (Wildman–Crippen MR) is 77.9 cm³/mol. The van der Waals surface area contributed by atoms with Gasteiger partial charge in [-0.1, -0.05) is 0 Å². The molecule has 2 rings (SSSR count). The van der Waals surface area contributed by atoms with E-state index >= 15 is 0 Å². The number of sulfonamides is 1. The molecule has 0 aromatic carbocycles. The summed E-state index contributed by atoms with van der Waals surface area (Å²) in [7, 11) is -3.22. The third-order valence-electron chi connectivity index (χ3n) is 3.28. The van der Waals surface area contributed by atoms with E-state index in [0.29, 0.717) is 6.54 Å². The second-order valence-corrected chi connectivity index (χ2v) is 7.88. The molecule has 1 saturated heterocycles. The van der Waals surface area contributed by atoms with Gasteiger partial charge in [0.05, 0.1) is 24.5 Å². The molecule has 1 aliphatic rings. The fourth-order valence-electron chi connectivity index (χ4n) is 2.38. The van der Waals surface area contributed by atoms with Gasteiger partial charge in [0.1, 0.15) is 0 Å². The van der Waals surface area contributed by atoms with E-state index in [0.717, 1.165) is 18.4 Å². The highest BCUT2D eigenvalue weighted by Crippen LogP contribution is 2.35.